The number of amides is 2. The summed E-state index contributed by atoms with van der Waals surface area (Å²) in [6, 6.07) is 36.9. The number of hydrogen-bond acceptors (Lipinski definition) is 11. The molecule has 62 heavy (non-hydrogen) atoms. The minimum absolute atomic E-state index is 0.0725. The van der Waals surface area contributed by atoms with Crippen LogP contribution in [0.1, 0.15) is 27.8 Å². The van der Waals surface area contributed by atoms with Crippen LogP contribution in [0.5, 0.6) is 23.0 Å². The van der Waals surface area contributed by atoms with Gasteiger partial charge >= 0.3 is 12.2 Å². The summed E-state index contributed by atoms with van der Waals surface area (Å²) in [7, 11) is 15.1. The summed E-state index contributed by atoms with van der Waals surface area (Å²) in [6.45, 7) is 1.38. The molecule has 330 valence electrons. The zero-order valence-corrected chi connectivity index (χ0v) is 37.2. The van der Waals surface area contributed by atoms with E-state index in [1.807, 2.05) is 166 Å². The number of carbonyl (C=O) groups is 2. The number of nitrogens with one attached hydrogen (secondary N) is 2. The molecular weight excluding hydrogens is 787 g/mol. The van der Waals surface area contributed by atoms with Crippen molar-refractivity contribution in [3.63, 3.8) is 0 Å². The van der Waals surface area contributed by atoms with E-state index in [1.165, 1.54) is 0 Å². The fourth-order valence-electron chi connectivity index (χ4n) is 6.51. The van der Waals surface area contributed by atoms with Crippen LogP contribution in [0.15, 0.2) is 115 Å². The highest BCUT2D eigenvalue weighted by Crippen LogP contribution is 2.26. The van der Waals surface area contributed by atoms with Crippen LogP contribution in [0, 0.1) is 0 Å². The lowest BCUT2D eigenvalue weighted by molar-refractivity contribution is 0.0632. The van der Waals surface area contributed by atoms with Crippen LogP contribution in [-0.2, 0) is 41.9 Å². The topological polar surface area (TPSA) is 123 Å². The number of ether oxygens (including phenoxy) is 6. The maximum absolute atomic E-state index is 13.2. The van der Waals surface area contributed by atoms with E-state index in [-0.39, 0.29) is 13.2 Å². The smallest absolute Gasteiger partial charge is 0.407 e. The molecule has 0 radical (unpaired) electrons. The van der Waals surface area contributed by atoms with E-state index >= 15 is 0 Å². The minimum atomic E-state index is -0.631. The predicted octanol–water partition coefficient (Wildman–Crippen LogP) is 7.73. The highest BCUT2D eigenvalue weighted by atomic mass is 16.6. The number of carbonyl (C=O) groups excluding carboxylic acids is 2. The van der Waals surface area contributed by atoms with Crippen molar-refractivity contribution in [2.24, 2.45) is 0 Å². The molecule has 2 amide bonds. The Hall–Kier alpha value is -6.60. The Morgan fingerprint density at radius 1 is 0.484 bits per heavy atom. The molecule has 0 saturated heterocycles. The lowest BCUT2D eigenvalue weighted by Gasteiger charge is -2.22. The first-order valence-corrected chi connectivity index (χ1v) is 20.6. The summed E-state index contributed by atoms with van der Waals surface area (Å²) in [5.41, 5.74) is 6.88. The van der Waals surface area contributed by atoms with E-state index in [9.17, 15) is 9.59 Å². The first kappa shape index (κ1) is 46.5. The lowest BCUT2D eigenvalue weighted by atomic mass is 10.1. The maximum atomic E-state index is 13.2. The second-order valence-corrected chi connectivity index (χ2v) is 15.7. The van der Waals surface area contributed by atoms with Gasteiger partial charge in [-0.3, -0.25) is 0 Å². The Balaban J connectivity index is 1.28. The average Bonchev–Trinajstić information content (AvgIpc) is 3.26. The van der Waals surface area contributed by atoms with Crippen molar-refractivity contribution in [2.75, 3.05) is 79.5 Å². The largest absolute Gasteiger partial charge is 0.497 e. The molecule has 5 aromatic rings. The zero-order valence-electron chi connectivity index (χ0n) is 37.2. The lowest BCUT2D eigenvalue weighted by Crippen LogP contribution is -2.33. The first-order chi connectivity index (χ1) is 29.8. The first-order valence-electron chi connectivity index (χ1n) is 20.6. The number of anilines is 2. The van der Waals surface area contributed by atoms with Crippen molar-refractivity contribution in [3.8, 4) is 23.0 Å². The third-order valence-electron chi connectivity index (χ3n) is 9.88. The van der Waals surface area contributed by atoms with E-state index in [0.717, 1.165) is 50.7 Å². The highest BCUT2D eigenvalue weighted by Gasteiger charge is 2.20. The molecular formula is C49H61N5O8. The molecule has 13 heteroatoms. The van der Waals surface area contributed by atoms with Crippen LogP contribution in [-0.4, -0.2) is 99.0 Å². The number of rotatable bonds is 22. The number of alkyl carbamates (subject to hydrolysis) is 2. The molecule has 5 rings (SSSR count). The fraction of sp³-hybridized carbons (Fsp3) is 0.347. The van der Waals surface area contributed by atoms with Gasteiger partial charge in [0.1, 0.15) is 48.4 Å². The van der Waals surface area contributed by atoms with Gasteiger partial charge in [-0.05, 0) is 103 Å². The third-order valence-corrected chi connectivity index (χ3v) is 9.88. The van der Waals surface area contributed by atoms with Gasteiger partial charge in [0.25, 0.3) is 0 Å². The van der Waals surface area contributed by atoms with Gasteiger partial charge < -0.3 is 53.8 Å². The molecule has 0 aliphatic heterocycles. The summed E-state index contributed by atoms with van der Waals surface area (Å²) in [6.07, 6.45) is -1.56. The van der Waals surface area contributed by atoms with Gasteiger partial charge in [0.15, 0.2) is 0 Å². The van der Waals surface area contributed by atoms with Gasteiger partial charge in [-0.2, -0.15) is 0 Å². The van der Waals surface area contributed by atoms with E-state index in [1.54, 1.807) is 20.3 Å². The van der Waals surface area contributed by atoms with Crippen LogP contribution in [0.2, 0.25) is 0 Å². The minimum Gasteiger partial charge on any atom is -0.497 e. The molecule has 0 fully saturated rings. The quantitative estimate of drug-likeness (QED) is 0.0712. The van der Waals surface area contributed by atoms with Crippen molar-refractivity contribution < 1.29 is 38.0 Å². The molecule has 0 aromatic heterocycles. The van der Waals surface area contributed by atoms with Gasteiger partial charge in [-0.15, -0.1) is 0 Å². The molecule has 0 aliphatic rings. The van der Waals surface area contributed by atoms with Crippen LogP contribution in [0.25, 0.3) is 0 Å². The number of nitrogens with zero attached hydrogens (tertiary/aromatic N) is 3. The Morgan fingerprint density at radius 2 is 0.855 bits per heavy atom. The molecule has 2 unspecified atom stereocenters. The molecule has 0 spiro atoms. The molecule has 13 nitrogen and oxygen atoms in total. The Kier molecular flexibility index (Phi) is 17.5. The summed E-state index contributed by atoms with van der Waals surface area (Å²) in [5.74, 6) is 2.53. The predicted molar refractivity (Wildman–Crippen MR) is 244 cm³/mol. The summed E-state index contributed by atoms with van der Waals surface area (Å²) >= 11 is 0. The van der Waals surface area contributed by atoms with E-state index < -0.39 is 24.4 Å². The fourth-order valence-corrected chi connectivity index (χ4v) is 6.51. The normalized spacial score (nSPS) is 11.8. The SMILES string of the molecule is COc1ccc(CC(COc2cc(CN(C)C)cc(OCC(Cc3ccc(OC)cc3)OC(=O)NCc3ccc(N(C)C)cc3)c2)OC(=O)NCc2ccc(N(C)C)cc2)cc1. The van der Waals surface area contributed by atoms with Crippen LogP contribution >= 0.6 is 0 Å². The number of methoxy groups -OCH3 is 2. The number of benzene rings is 5. The molecule has 2 atom stereocenters. The third kappa shape index (κ3) is 15.5. The second kappa shape index (κ2) is 23.4. The van der Waals surface area contributed by atoms with Crippen molar-refractivity contribution in [1.82, 2.24) is 15.5 Å². The van der Waals surface area contributed by atoms with Crippen LogP contribution in [0.3, 0.4) is 0 Å². The van der Waals surface area contributed by atoms with E-state index in [2.05, 4.69) is 10.6 Å². The van der Waals surface area contributed by atoms with Crippen LogP contribution in [0.4, 0.5) is 21.0 Å². The van der Waals surface area contributed by atoms with Gasteiger partial charge in [0.05, 0.1) is 14.2 Å². The number of hydrogen-bond donors (Lipinski definition) is 2. The van der Waals surface area contributed by atoms with Gasteiger partial charge in [-0.1, -0.05) is 48.5 Å². The average molecular weight is 848 g/mol. The van der Waals surface area contributed by atoms with Gasteiger partial charge in [-0.25, -0.2) is 9.59 Å². The van der Waals surface area contributed by atoms with Gasteiger partial charge in [0.2, 0.25) is 0 Å². The molecule has 5 aromatic carbocycles. The molecule has 0 heterocycles. The standard InChI is InChI=1S/C49H61N5O8/c1-52(2)32-39-27-44(59-33-46(25-35-13-21-42(57-7)22-14-35)61-48(55)50-30-37-9-17-40(18-10-37)53(3)4)29-45(28-39)60-34-47(26-36-15-23-43(58-8)24-16-36)62-49(56)51-31-38-11-19-41(20-12-38)54(5)6/h9-24,27-29,46-47H,25-26,30-34H2,1-8H3,(H,50,55)(H,51,56). The molecule has 2 N–H and O–H groups in total. The van der Waals surface area contributed by atoms with E-state index in [0.29, 0.717) is 44.0 Å². The van der Waals surface area contributed by atoms with Crippen molar-refractivity contribution in [3.05, 3.63) is 143 Å². The summed E-state index contributed by atoms with van der Waals surface area (Å²) in [4.78, 5) is 32.4. The summed E-state index contributed by atoms with van der Waals surface area (Å²) in [5, 5.41) is 5.76. The van der Waals surface area contributed by atoms with Crippen LogP contribution < -0.4 is 39.4 Å². The van der Waals surface area contributed by atoms with Crippen molar-refractivity contribution in [2.45, 2.75) is 44.7 Å². The monoisotopic (exact) mass is 847 g/mol. The van der Waals surface area contributed by atoms with Gasteiger partial charge in [0, 0.05) is 78.1 Å². The van der Waals surface area contributed by atoms with Crippen molar-refractivity contribution >= 4 is 23.6 Å². The summed E-state index contributed by atoms with van der Waals surface area (Å²) < 4.78 is 35.4. The Morgan fingerprint density at radius 3 is 1.19 bits per heavy atom. The maximum Gasteiger partial charge on any atom is 0.407 e. The second-order valence-electron chi connectivity index (χ2n) is 15.7. The Labute approximate surface area is 366 Å². The molecule has 0 saturated carbocycles. The molecule has 0 aliphatic carbocycles. The molecule has 0 bridgehead atoms. The highest BCUT2D eigenvalue weighted by molar-refractivity contribution is 5.68. The zero-order chi connectivity index (χ0) is 44.4. The van der Waals surface area contributed by atoms with E-state index in [4.69, 9.17) is 28.4 Å². The van der Waals surface area contributed by atoms with Crippen molar-refractivity contribution in [1.29, 1.82) is 0 Å². The Bertz CT molecular complexity index is 1980.